The fourth-order valence-corrected chi connectivity index (χ4v) is 3.99. The Kier molecular flexibility index (Phi) is 8.53. The molecule has 0 aliphatic carbocycles. The van der Waals surface area contributed by atoms with Crippen molar-refractivity contribution in [3.63, 3.8) is 0 Å². The molecule has 0 saturated heterocycles. The van der Waals surface area contributed by atoms with Crippen molar-refractivity contribution < 1.29 is 23.8 Å². The zero-order valence-corrected chi connectivity index (χ0v) is 20.4. The minimum Gasteiger partial charge on any atom is -0.482 e. The van der Waals surface area contributed by atoms with Crippen molar-refractivity contribution in [2.75, 3.05) is 6.61 Å². The van der Waals surface area contributed by atoms with Gasteiger partial charge in [0.05, 0.1) is 16.3 Å². The highest BCUT2D eigenvalue weighted by Crippen LogP contribution is 2.33. The molecule has 0 saturated carbocycles. The first kappa shape index (κ1) is 25.5. The molecule has 3 aromatic rings. The number of Topliss-reactive ketones (excluding diaryl/α,β-unsaturated/α-hetero) is 1. The number of ketones is 1. The Bertz CT molecular complexity index is 1220. The molecule has 1 aromatic heterocycles. The molecule has 8 heteroatoms. The van der Waals surface area contributed by atoms with Crippen LogP contribution in [0.15, 0.2) is 53.5 Å². The summed E-state index contributed by atoms with van der Waals surface area (Å²) in [4.78, 5) is 28.4. The SMILES string of the molecule is C=CCc1cc(C(=O)CCc2nc(-c3ccc(Cl)cc3Cl)oc2C(C)C)ccc1OCC(=O)O. The van der Waals surface area contributed by atoms with E-state index in [2.05, 4.69) is 11.6 Å². The first-order valence-electron chi connectivity index (χ1n) is 10.8. The molecule has 0 bridgehead atoms. The molecule has 1 N–H and O–H groups in total. The fraction of sp³-hybridized carbons (Fsp3) is 0.269. The van der Waals surface area contributed by atoms with Crippen molar-refractivity contribution in [1.82, 2.24) is 4.98 Å². The average Bonchev–Trinajstić information content (AvgIpc) is 3.21. The highest BCUT2D eigenvalue weighted by Gasteiger charge is 2.20. The van der Waals surface area contributed by atoms with Crippen LogP contribution in [-0.4, -0.2) is 28.4 Å². The number of rotatable bonds is 11. The van der Waals surface area contributed by atoms with E-state index < -0.39 is 12.6 Å². The number of halogens is 2. The minimum atomic E-state index is -1.07. The smallest absolute Gasteiger partial charge is 0.341 e. The van der Waals surface area contributed by atoms with Gasteiger partial charge in [0, 0.05) is 29.3 Å². The third-order valence-electron chi connectivity index (χ3n) is 5.10. The van der Waals surface area contributed by atoms with Crippen LogP contribution in [0, 0.1) is 0 Å². The van der Waals surface area contributed by atoms with Crippen LogP contribution < -0.4 is 4.74 Å². The van der Waals surface area contributed by atoms with Gasteiger partial charge in [-0.25, -0.2) is 9.78 Å². The lowest BCUT2D eigenvalue weighted by atomic mass is 9.99. The van der Waals surface area contributed by atoms with E-state index in [0.717, 1.165) is 0 Å². The zero-order chi connectivity index (χ0) is 24.8. The van der Waals surface area contributed by atoms with Gasteiger partial charge < -0.3 is 14.3 Å². The first-order valence-corrected chi connectivity index (χ1v) is 11.5. The second-order valence-corrected chi connectivity index (χ2v) is 8.87. The molecule has 6 nitrogen and oxygen atoms in total. The normalized spacial score (nSPS) is 11.0. The van der Waals surface area contributed by atoms with Gasteiger partial charge in [0.15, 0.2) is 12.4 Å². The van der Waals surface area contributed by atoms with Gasteiger partial charge in [-0.1, -0.05) is 43.1 Å². The van der Waals surface area contributed by atoms with E-state index in [-0.39, 0.29) is 18.1 Å². The van der Waals surface area contributed by atoms with E-state index >= 15 is 0 Å². The lowest BCUT2D eigenvalue weighted by Crippen LogP contribution is -2.11. The van der Waals surface area contributed by atoms with E-state index in [1.807, 2.05) is 13.8 Å². The summed E-state index contributed by atoms with van der Waals surface area (Å²) in [5.41, 5.74) is 2.55. The Morgan fingerprint density at radius 1 is 1.21 bits per heavy atom. The van der Waals surface area contributed by atoms with Crippen molar-refractivity contribution in [3.05, 3.63) is 81.7 Å². The summed E-state index contributed by atoms with van der Waals surface area (Å²) in [6.45, 7) is 7.25. The first-order chi connectivity index (χ1) is 16.2. The number of ether oxygens (including phenoxy) is 1. The maximum absolute atomic E-state index is 12.9. The van der Waals surface area contributed by atoms with E-state index in [1.165, 1.54) is 0 Å². The van der Waals surface area contributed by atoms with Crippen LogP contribution in [0.4, 0.5) is 0 Å². The van der Waals surface area contributed by atoms with Crippen LogP contribution in [0.2, 0.25) is 10.0 Å². The summed E-state index contributed by atoms with van der Waals surface area (Å²) < 4.78 is 11.3. The molecule has 0 unspecified atom stereocenters. The maximum Gasteiger partial charge on any atom is 0.341 e. The van der Waals surface area contributed by atoms with Crippen LogP contribution in [0.5, 0.6) is 5.75 Å². The number of carboxylic acid groups (broad SMARTS) is 1. The molecule has 178 valence electrons. The third kappa shape index (κ3) is 6.27. The Labute approximate surface area is 208 Å². The quantitative estimate of drug-likeness (QED) is 0.230. The van der Waals surface area contributed by atoms with Crippen molar-refractivity contribution in [2.24, 2.45) is 0 Å². The summed E-state index contributed by atoms with van der Waals surface area (Å²) >= 11 is 12.3. The summed E-state index contributed by atoms with van der Waals surface area (Å²) in [7, 11) is 0. The second kappa shape index (κ2) is 11.4. The topological polar surface area (TPSA) is 89.6 Å². The lowest BCUT2D eigenvalue weighted by molar-refractivity contribution is -0.139. The summed E-state index contributed by atoms with van der Waals surface area (Å²) in [5, 5.41) is 9.81. The number of hydrogen-bond donors (Lipinski definition) is 1. The molecule has 0 amide bonds. The van der Waals surface area contributed by atoms with Crippen molar-refractivity contribution in [1.29, 1.82) is 0 Å². The van der Waals surface area contributed by atoms with E-state index in [9.17, 15) is 9.59 Å². The molecular formula is C26H25Cl2NO5. The van der Waals surface area contributed by atoms with Gasteiger partial charge in [0.2, 0.25) is 5.89 Å². The number of carboxylic acids is 1. The van der Waals surface area contributed by atoms with Crippen LogP contribution >= 0.6 is 23.2 Å². The number of aliphatic carboxylic acids is 1. The Morgan fingerprint density at radius 3 is 2.62 bits per heavy atom. The highest BCUT2D eigenvalue weighted by molar-refractivity contribution is 6.36. The van der Waals surface area contributed by atoms with Gasteiger partial charge in [-0.05, 0) is 48.4 Å². The van der Waals surface area contributed by atoms with E-state index in [4.69, 9.17) is 37.5 Å². The molecule has 0 fully saturated rings. The second-order valence-electron chi connectivity index (χ2n) is 8.03. The van der Waals surface area contributed by atoms with Crippen molar-refractivity contribution in [3.8, 4) is 17.2 Å². The summed E-state index contributed by atoms with van der Waals surface area (Å²) in [6.07, 6.45) is 2.74. The van der Waals surface area contributed by atoms with Gasteiger partial charge in [-0.3, -0.25) is 4.79 Å². The van der Waals surface area contributed by atoms with E-state index in [1.54, 1.807) is 42.5 Å². The Hall–Kier alpha value is -3.09. The molecule has 0 atom stereocenters. The predicted octanol–water partition coefficient (Wildman–Crippen LogP) is 6.78. The Balaban J connectivity index is 1.80. The molecule has 1 heterocycles. The number of nitrogens with zero attached hydrogens (tertiary/aromatic N) is 1. The molecule has 0 aliphatic heterocycles. The predicted molar refractivity (Wildman–Crippen MR) is 132 cm³/mol. The van der Waals surface area contributed by atoms with Gasteiger partial charge in [-0.15, -0.1) is 6.58 Å². The number of benzene rings is 2. The maximum atomic E-state index is 12.9. The zero-order valence-electron chi connectivity index (χ0n) is 18.9. The standard InChI is InChI=1S/C26H25Cl2NO5/c1-4-5-17-12-16(6-11-23(17)33-14-24(31)32)22(30)10-9-21-25(15(2)3)34-26(29-21)19-8-7-18(27)13-20(19)28/h4,6-8,11-13,15H,1,5,9-10,14H2,2-3H3,(H,31,32). The largest absolute Gasteiger partial charge is 0.482 e. The fourth-order valence-electron chi connectivity index (χ4n) is 3.50. The van der Waals surface area contributed by atoms with Crippen molar-refractivity contribution >= 4 is 35.0 Å². The molecule has 34 heavy (non-hydrogen) atoms. The highest BCUT2D eigenvalue weighted by atomic mass is 35.5. The third-order valence-corrected chi connectivity index (χ3v) is 5.65. The number of allylic oxidation sites excluding steroid dienone is 1. The van der Waals surface area contributed by atoms with Crippen LogP contribution in [0.25, 0.3) is 11.5 Å². The molecule has 0 radical (unpaired) electrons. The van der Waals surface area contributed by atoms with Crippen molar-refractivity contribution in [2.45, 2.75) is 39.0 Å². The molecule has 0 spiro atoms. The molecule has 0 aliphatic rings. The Morgan fingerprint density at radius 2 is 1.97 bits per heavy atom. The number of oxazole rings is 1. The molecular weight excluding hydrogens is 477 g/mol. The average molecular weight is 502 g/mol. The summed E-state index contributed by atoms with van der Waals surface area (Å²) in [5.74, 6) is 0.445. The monoisotopic (exact) mass is 501 g/mol. The van der Waals surface area contributed by atoms with Gasteiger partial charge >= 0.3 is 5.97 Å². The number of carbonyl (C=O) groups excluding carboxylic acids is 1. The number of aryl methyl sites for hydroxylation is 1. The minimum absolute atomic E-state index is 0.0705. The van der Waals surface area contributed by atoms with Crippen LogP contribution in [0.1, 0.15) is 53.6 Å². The number of hydrogen-bond acceptors (Lipinski definition) is 5. The number of aromatic nitrogens is 1. The van der Waals surface area contributed by atoms with Crippen LogP contribution in [-0.2, 0) is 17.6 Å². The summed E-state index contributed by atoms with van der Waals surface area (Å²) in [6, 6.07) is 10.1. The van der Waals surface area contributed by atoms with Crippen LogP contribution in [0.3, 0.4) is 0 Å². The number of carbonyl (C=O) groups is 2. The van der Waals surface area contributed by atoms with E-state index in [0.29, 0.717) is 62.7 Å². The molecule has 3 rings (SSSR count). The van der Waals surface area contributed by atoms with Gasteiger partial charge in [-0.2, -0.15) is 0 Å². The van der Waals surface area contributed by atoms with Gasteiger partial charge in [0.25, 0.3) is 0 Å². The van der Waals surface area contributed by atoms with Gasteiger partial charge in [0.1, 0.15) is 11.5 Å². The lowest BCUT2D eigenvalue weighted by Gasteiger charge is -2.11. The molecule has 2 aromatic carbocycles.